The van der Waals surface area contributed by atoms with E-state index in [1.54, 1.807) is 37.4 Å². The molecule has 0 atom stereocenters. The molecule has 8 nitrogen and oxygen atoms in total. The lowest BCUT2D eigenvalue weighted by molar-refractivity contribution is -0.117. The summed E-state index contributed by atoms with van der Waals surface area (Å²) in [6.45, 7) is -0.249. The van der Waals surface area contributed by atoms with Crippen LogP contribution >= 0.6 is 0 Å². The molecular weight excluding hydrogens is 374 g/mol. The van der Waals surface area contributed by atoms with E-state index in [4.69, 9.17) is 14.2 Å². The highest BCUT2D eigenvalue weighted by atomic mass is 16.5. The van der Waals surface area contributed by atoms with Gasteiger partial charge in [0.25, 0.3) is 5.56 Å². The number of carbonyl (C=O) groups excluding carboxylic acids is 1. The molecule has 0 radical (unpaired) electrons. The van der Waals surface area contributed by atoms with E-state index in [-0.39, 0.29) is 12.1 Å². The molecule has 0 fully saturated rings. The van der Waals surface area contributed by atoms with Crippen LogP contribution in [-0.4, -0.2) is 37.0 Å². The maximum atomic E-state index is 12.5. The van der Waals surface area contributed by atoms with Crippen LogP contribution in [0.1, 0.15) is 0 Å². The van der Waals surface area contributed by atoms with Gasteiger partial charge in [0.1, 0.15) is 23.8 Å². The normalized spacial score (nSPS) is 10.3. The molecule has 0 unspecified atom stereocenters. The number of hydrogen-bond donors (Lipinski definition) is 1. The maximum absolute atomic E-state index is 12.5. The van der Waals surface area contributed by atoms with Gasteiger partial charge in [0.15, 0.2) is 0 Å². The van der Waals surface area contributed by atoms with Crippen LogP contribution in [0.15, 0.2) is 59.4 Å². The topological polar surface area (TPSA) is 91.7 Å². The Labute approximate surface area is 167 Å². The predicted molar refractivity (Wildman–Crippen MR) is 109 cm³/mol. The van der Waals surface area contributed by atoms with Crippen molar-refractivity contribution in [3.05, 3.63) is 65.0 Å². The number of methoxy groups -OCH3 is 3. The van der Waals surface area contributed by atoms with Crippen molar-refractivity contribution < 1.29 is 19.0 Å². The Kier molecular flexibility index (Phi) is 6.13. The minimum Gasteiger partial charge on any atom is -0.497 e. The largest absolute Gasteiger partial charge is 0.497 e. The molecule has 3 aromatic rings. The summed E-state index contributed by atoms with van der Waals surface area (Å²) in [6, 6.07) is 15.3. The first-order valence-corrected chi connectivity index (χ1v) is 8.78. The van der Waals surface area contributed by atoms with Gasteiger partial charge in [0, 0.05) is 35.5 Å². The number of hydrogen-bond acceptors (Lipinski definition) is 6. The van der Waals surface area contributed by atoms with Gasteiger partial charge in [0.2, 0.25) is 5.91 Å². The first-order valence-electron chi connectivity index (χ1n) is 8.78. The summed E-state index contributed by atoms with van der Waals surface area (Å²) in [4.78, 5) is 24.7. The predicted octanol–water partition coefficient (Wildman–Crippen LogP) is 2.57. The number of ether oxygens (including phenoxy) is 3. The van der Waals surface area contributed by atoms with E-state index in [1.807, 2.05) is 18.2 Å². The fraction of sp³-hybridized carbons (Fsp3) is 0.190. The molecule has 29 heavy (non-hydrogen) atoms. The van der Waals surface area contributed by atoms with Crippen LogP contribution in [-0.2, 0) is 11.3 Å². The molecule has 150 valence electrons. The average molecular weight is 395 g/mol. The summed E-state index contributed by atoms with van der Waals surface area (Å²) in [5, 5.41) is 7.04. The number of aromatic nitrogens is 2. The van der Waals surface area contributed by atoms with Crippen molar-refractivity contribution >= 4 is 11.6 Å². The molecule has 0 aliphatic carbocycles. The summed E-state index contributed by atoms with van der Waals surface area (Å²) in [5.41, 5.74) is 1.35. The summed E-state index contributed by atoms with van der Waals surface area (Å²) >= 11 is 0. The number of nitrogens with one attached hydrogen (secondary N) is 1. The molecule has 2 aromatic carbocycles. The summed E-state index contributed by atoms with van der Waals surface area (Å²) in [7, 11) is 4.60. The van der Waals surface area contributed by atoms with Crippen molar-refractivity contribution in [1.82, 2.24) is 9.78 Å². The molecule has 0 saturated heterocycles. The fourth-order valence-corrected chi connectivity index (χ4v) is 2.78. The van der Waals surface area contributed by atoms with E-state index in [2.05, 4.69) is 10.4 Å². The number of benzene rings is 2. The molecule has 1 aromatic heterocycles. The van der Waals surface area contributed by atoms with E-state index >= 15 is 0 Å². The van der Waals surface area contributed by atoms with E-state index in [1.165, 1.54) is 20.3 Å². The van der Waals surface area contributed by atoms with Gasteiger partial charge in [-0.3, -0.25) is 9.59 Å². The summed E-state index contributed by atoms with van der Waals surface area (Å²) in [5.74, 6) is 1.28. The van der Waals surface area contributed by atoms with Gasteiger partial charge in [0.05, 0.1) is 27.0 Å². The van der Waals surface area contributed by atoms with Gasteiger partial charge in [-0.2, -0.15) is 5.10 Å². The SMILES string of the molecule is COc1cc(NC(=O)Cn2nc(-c3ccccc3OC)ccc2=O)cc(OC)c1. The van der Waals surface area contributed by atoms with Crippen LogP contribution < -0.4 is 25.1 Å². The fourth-order valence-electron chi connectivity index (χ4n) is 2.78. The van der Waals surface area contributed by atoms with Gasteiger partial charge < -0.3 is 19.5 Å². The van der Waals surface area contributed by atoms with Crippen LogP contribution in [0.25, 0.3) is 11.3 Å². The molecule has 0 spiro atoms. The Morgan fingerprint density at radius 2 is 1.66 bits per heavy atom. The maximum Gasteiger partial charge on any atom is 0.267 e. The number of anilines is 1. The molecule has 0 aliphatic heterocycles. The van der Waals surface area contributed by atoms with E-state index < -0.39 is 5.91 Å². The summed E-state index contributed by atoms with van der Waals surface area (Å²) in [6.07, 6.45) is 0. The number of nitrogens with zero attached hydrogens (tertiary/aromatic N) is 2. The van der Waals surface area contributed by atoms with Gasteiger partial charge in [-0.15, -0.1) is 0 Å². The average Bonchev–Trinajstić information content (AvgIpc) is 2.74. The highest BCUT2D eigenvalue weighted by Gasteiger charge is 2.12. The zero-order valence-corrected chi connectivity index (χ0v) is 16.3. The van der Waals surface area contributed by atoms with Crippen LogP contribution in [0.5, 0.6) is 17.2 Å². The van der Waals surface area contributed by atoms with Gasteiger partial charge >= 0.3 is 0 Å². The highest BCUT2D eigenvalue weighted by Crippen LogP contribution is 2.27. The third-order valence-electron chi connectivity index (χ3n) is 4.18. The van der Waals surface area contributed by atoms with Crippen molar-refractivity contribution in [2.24, 2.45) is 0 Å². The lowest BCUT2D eigenvalue weighted by Gasteiger charge is -2.12. The first-order chi connectivity index (χ1) is 14.0. The van der Waals surface area contributed by atoms with Crippen LogP contribution in [0, 0.1) is 0 Å². The van der Waals surface area contributed by atoms with Gasteiger partial charge in [-0.25, -0.2) is 4.68 Å². The Morgan fingerprint density at radius 1 is 0.966 bits per heavy atom. The minimum absolute atomic E-state index is 0.249. The molecule has 0 aliphatic rings. The lowest BCUT2D eigenvalue weighted by Crippen LogP contribution is -2.29. The highest BCUT2D eigenvalue weighted by molar-refractivity contribution is 5.91. The van der Waals surface area contributed by atoms with E-state index in [0.29, 0.717) is 28.6 Å². The summed E-state index contributed by atoms with van der Waals surface area (Å²) < 4.78 is 16.8. The zero-order chi connectivity index (χ0) is 20.8. The Hall–Kier alpha value is -3.81. The molecule has 0 bridgehead atoms. The second-order valence-corrected chi connectivity index (χ2v) is 6.06. The van der Waals surface area contributed by atoms with Crippen molar-refractivity contribution in [3.63, 3.8) is 0 Å². The van der Waals surface area contributed by atoms with Gasteiger partial charge in [-0.05, 0) is 18.2 Å². The smallest absolute Gasteiger partial charge is 0.267 e. The first kappa shape index (κ1) is 19.9. The second-order valence-electron chi connectivity index (χ2n) is 6.06. The standard InChI is InChI=1S/C21H21N3O5/c1-27-15-10-14(11-16(12-15)28-2)22-20(25)13-24-21(26)9-8-18(23-24)17-6-4-5-7-19(17)29-3/h4-12H,13H2,1-3H3,(H,22,25). The second kappa shape index (κ2) is 8.92. The molecule has 8 heteroatoms. The number of amides is 1. The number of rotatable bonds is 7. The monoisotopic (exact) mass is 395 g/mol. The molecule has 1 N–H and O–H groups in total. The van der Waals surface area contributed by atoms with Crippen LogP contribution in [0.3, 0.4) is 0 Å². The third kappa shape index (κ3) is 4.73. The lowest BCUT2D eigenvalue weighted by atomic mass is 10.1. The molecule has 1 heterocycles. The Morgan fingerprint density at radius 3 is 2.31 bits per heavy atom. The quantitative estimate of drug-likeness (QED) is 0.661. The van der Waals surface area contributed by atoms with E-state index in [0.717, 1.165) is 10.2 Å². The Bertz CT molecular complexity index is 1060. The number of carbonyl (C=O) groups is 1. The van der Waals surface area contributed by atoms with Crippen molar-refractivity contribution in [1.29, 1.82) is 0 Å². The van der Waals surface area contributed by atoms with Crippen LogP contribution in [0.4, 0.5) is 5.69 Å². The third-order valence-corrected chi connectivity index (χ3v) is 4.18. The van der Waals surface area contributed by atoms with Crippen molar-refractivity contribution in [3.8, 4) is 28.5 Å². The van der Waals surface area contributed by atoms with Crippen molar-refractivity contribution in [2.45, 2.75) is 6.54 Å². The molecule has 3 rings (SSSR count). The molecule has 0 saturated carbocycles. The molecular formula is C21H21N3O5. The zero-order valence-electron chi connectivity index (χ0n) is 16.3. The van der Waals surface area contributed by atoms with E-state index in [9.17, 15) is 9.59 Å². The van der Waals surface area contributed by atoms with Crippen LogP contribution in [0.2, 0.25) is 0 Å². The molecule has 1 amide bonds. The van der Waals surface area contributed by atoms with Crippen molar-refractivity contribution in [2.75, 3.05) is 26.6 Å². The number of para-hydroxylation sites is 1. The Balaban J connectivity index is 1.83. The van der Waals surface area contributed by atoms with Gasteiger partial charge in [-0.1, -0.05) is 12.1 Å². The minimum atomic E-state index is -0.410.